The summed E-state index contributed by atoms with van der Waals surface area (Å²) in [5, 5.41) is 7.55. The topological polar surface area (TPSA) is 22.8 Å². The molecule has 9 aromatic rings. The van der Waals surface area contributed by atoms with Crippen molar-refractivity contribution in [2.24, 2.45) is 0 Å². The van der Waals surface area contributed by atoms with Crippen molar-refractivity contribution in [3.05, 3.63) is 128 Å². The first-order chi connectivity index (χ1) is 19.4. The number of nitrogens with zero attached hydrogens (tertiary/aromatic N) is 3. The van der Waals surface area contributed by atoms with Crippen LogP contribution in [0.15, 0.2) is 128 Å². The van der Waals surface area contributed by atoms with Gasteiger partial charge in [0.15, 0.2) is 5.82 Å². The Bertz CT molecular complexity index is 2350. The van der Waals surface area contributed by atoms with Crippen molar-refractivity contribution in [2.45, 2.75) is 0 Å². The fourth-order valence-corrected chi connectivity index (χ4v) is 7.50. The number of benzene rings is 5. The number of hydrogen-bond donors (Lipinski definition) is 0. The molecule has 0 N–H and O–H groups in total. The van der Waals surface area contributed by atoms with Gasteiger partial charge in [-0.1, -0.05) is 72.8 Å². The number of para-hydroxylation sites is 3. The molecule has 4 heteroatoms. The molecule has 4 aromatic heterocycles. The molecule has 0 fully saturated rings. The van der Waals surface area contributed by atoms with Gasteiger partial charge >= 0.3 is 0 Å². The van der Waals surface area contributed by atoms with Crippen molar-refractivity contribution in [1.29, 1.82) is 0 Å². The van der Waals surface area contributed by atoms with Crippen molar-refractivity contribution < 1.29 is 0 Å². The maximum absolute atomic E-state index is 4.97. The van der Waals surface area contributed by atoms with Crippen molar-refractivity contribution in [3.63, 3.8) is 0 Å². The first-order valence-corrected chi connectivity index (χ1v) is 14.0. The average Bonchev–Trinajstić information content (AvgIpc) is 3.65. The van der Waals surface area contributed by atoms with Crippen LogP contribution in [0.4, 0.5) is 0 Å². The van der Waals surface area contributed by atoms with Crippen LogP contribution in [0, 0.1) is 0 Å². The number of hydrogen-bond acceptors (Lipinski definition) is 2. The van der Waals surface area contributed by atoms with Crippen molar-refractivity contribution in [3.8, 4) is 11.5 Å². The van der Waals surface area contributed by atoms with Gasteiger partial charge in [-0.05, 0) is 48.5 Å². The van der Waals surface area contributed by atoms with E-state index in [0.717, 1.165) is 17.0 Å². The SMILES string of the molecule is c1ccc2c(c1)sc1c(-n3c4ccccc4c4cc(-n5c6ccccc6c6ccccc65)ccc43)nccc12. The summed E-state index contributed by atoms with van der Waals surface area (Å²) < 4.78 is 7.24. The molecular formula is C35H21N3S. The molecule has 0 aliphatic rings. The Morgan fingerprint density at radius 2 is 1.03 bits per heavy atom. The van der Waals surface area contributed by atoms with E-state index in [-0.39, 0.29) is 0 Å². The monoisotopic (exact) mass is 515 g/mol. The van der Waals surface area contributed by atoms with Gasteiger partial charge in [0.2, 0.25) is 0 Å². The van der Waals surface area contributed by atoms with Crippen LogP contribution in [-0.2, 0) is 0 Å². The van der Waals surface area contributed by atoms with Gasteiger partial charge in [-0.15, -0.1) is 11.3 Å². The number of aromatic nitrogens is 3. The lowest BCUT2D eigenvalue weighted by atomic mass is 10.1. The highest BCUT2D eigenvalue weighted by Gasteiger charge is 2.19. The second kappa shape index (κ2) is 7.79. The molecule has 0 spiro atoms. The summed E-state index contributed by atoms with van der Waals surface area (Å²) in [6.45, 7) is 0. The minimum atomic E-state index is 0.990. The Kier molecular flexibility index (Phi) is 4.21. The molecule has 5 aromatic carbocycles. The fraction of sp³-hybridized carbons (Fsp3) is 0. The van der Waals surface area contributed by atoms with Crippen molar-refractivity contribution >= 4 is 75.1 Å². The predicted octanol–water partition coefficient (Wildman–Crippen LogP) is 9.64. The van der Waals surface area contributed by atoms with E-state index in [0.29, 0.717) is 0 Å². The Hall–Kier alpha value is -4.93. The minimum Gasteiger partial charge on any atom is -0.309 e. The second-order valence-corrected chi connectivity index (χ2v) is 11.1. The predicted molar refractivity (Wildman–Crippen MR) is 166 cm³/mol. The van der Waals surface area contributed by atoms with Crippen LogP contribution in [-0.4, -0.2) is 14.1 Å². The van der Waals surface area contributed by atoms with E-state index in [2.05, 4.69) is 130 Å². The zero-order chi connectivity index (χ0) is 25.5. The molecule has 0 radical (unpaired) electrons. The Balaban J connectivity index is 1.38. The first-order valence-electron chi connectivity index (χ1n) is 13.2. The van der Waals surface area contributed by atoms with Gasteiger partial charge in [0.05, 0.1) is 26.8 Å². The molecule has 0 aliphatic carbocycles. The van der Waals surface area contributed by atoms with Gasteiger partial charge in [0.1, 0.15) is 0 Å². The minimum absolute atomic E-state index is 0.990. The summed E-state index contributed by atoms with van der Waals surface area (Å²) in [4.78, 5) is 4.97. The van der Waals surface area contributed by atoms with E-state index in [1.165, 1.54) is 58.3 Å². The molecule has 9 rings (SSSR count). The van der Waals surface area contributed by atoms with Gasteiger partial charge in [-0.25, -0.2) is 4.98 Å². The number of rotatable bonds is 2. The molecule has 39 heavy (non-hydrogen) atoms. The first kappa shape index (κ1) is 21.1. The molecule has 0 aliphatic heterocycles. The highest BCUT2D eigenvalue weighted by atomic mass is 32.1. The van der Waals surface area contributed by atoms with Gasteiger partial charge in [0.25, 0.3) is 0 Å². The smallest absolute Gasteiger partial charge is 0.155 e. The number of pyridine rings is 1. The van der Waals surface area contributed by atoms with Crippen LogP contribution in [0.1, 0.15) is 0 Å². The Labute approximate surface area is 227 Å². The lowest BCUT2D eigenvalue weighted by Gasteiger charge is -2.10. The molecule has 0 bridgehead atoms. The van der Waals surface area contributed by atoms with E-state index < -0.39 is 0 Å². The van der Waals surface area contributed by atoms with E-state index in [9.17, 15) is 0 Å². The summed E-state index contributed by atoms with van der Waals surface area (Å²) in [5.41, 5.74) is 5.94. The summed E-state index contributed by atoms with van der Waals surface area (Å²) in [6, 6.07) is 43.7. The lowest BCUT2D eigenvalue weighted by Crippen LogP contribution is -1.98. The Morgan fingerprint density at radius 3 is 1.74 bits per heavy atom. The Morgan fingerprint density at radius 1 is 0.462 bits per heavy atom. The van der Waals surface area contributed by atoms with Gasteiger partial charge in [-0.2, -0.15) is 0 Å². The second-order valence-electron chi connectivity index (χ2n) is 10.0. The molecule has 182 valence electrons. The van der Waals surface area contributed by atoms with Gasteiger partial charge in [-0.3, -0.25) is 4.57 Å². The average molecular weight is 516 g/mol. The van der Waals surface area contributed by atoms with E-state index >= 15 is 0 Å². The normalized spacial score (nSPS) is 12.1. The van der Waals surface area contributed by atoms with Crippen molar-refractivity contribution in [2.75, 3.05) is 0 Å². The molecule has 0 saturated heterocycles. The molecule has 3 nitrogen and oxygen atoms in total. The molecule has 0 amide bonds. The molecular weight excluding hydrogens is 494 g/mol. The molecule has 0 saturated carbocycles. The number of fused-ring (bicyclic) bond motifs is 9. The van der Waals surface area contributed by atoms with E-state index in [1.54, 1.807) is 0 Å². The van der Waals surface area contributed by atoms with E-state index in [4.69, 9.17) is 4.98 Å². The molecule has 4 heterocycles. The lowest BCUT2D eigenvalue weighted by molar-refractivity contribution is 1.10. The number of thiophene rings is 1. The largest absolute Gasteiger partial charge is 0.309 e. The summed E-state index contributed by atoms with van der Waals surface area (Å²) >= 11 is 1.82. The zero-order valence-electron chi connectivity index (χ0n) is 20.9. The summed E-state index contributed by atoms with van der Waals surface area (Å²) in [7, 11) is 0. The van der Waals surface area contributed by atoms with Crippen LogP contribution >= 0.6 is 11.3 Å². The van der Waals surface area contributed by atoms with Crippen LogP contribution in [0.2, 0.25) is 0 Å². The van der Waals surface area contributed by atoms with Gasteiger partial charge in [0, 0.05) is 48.9 Å². The van der Waals surface area contributed by atoms with Crippen molar-refractivity contribution in [1.82, 2.24) is 14.1 Å². The molecule has 0 atom stereocenters. The van der Waals surface area contributed by atoms with Crippen LogP contribution in [0.5, 0.6) is 0 Å². The maximum atomic E-state index is 4.97. The fourth-order valence-electron chi connectivity index (χ4n) is 6.33. The summed E-state index contributed by atoms with van der Waals surface area (Å²) in [5.74, 6) is 0.990. The highest BCUT2D eigenvalue weighted by Crippen LogP contribution is 2.40. The van der Waals surface area contributed by atoms with Crippen LogP contribution in [0.3, 0.4) is 0 Å². The maximum Gasteiger partial charge on any atom is 0.155 e. The third-order valence-corrected chi connectivity index (χ3v) is 9.16. The summed E-state index contributed by atoms with van der Waals surface area (Å²) in [6.07, 6.45) is 1.95. The van der Waals surface area contributed by atoms with Crippen LogP contribution < -0.4 is 0 Å². The zero-order valence-corrected chi connectivity index (χ0v) is 21.7. The van der Waals surface area contributed by atoms with E-state index in [1.807, 2.05) is 17.5 Å². The standard InChI is InChI=1S/C35H21N3S/c1-5-13-29-23(9-1)24-10-2-6-14-30(24)37(29)22-17-18-32-28(21-22)25-11-3-7-15-31(25)38(32)35-34-27(19-20-36-35)26-12-4-8-16-33(26)39-34/h1-21H. The third kappa shape index (κ3) is 2.84. The molecule has 0 unspecified atom stereocenters. The third-order valence-electron chi connectivity index (χ3n) is 7.98. The van der Waals surface area contributed by atoms with Crippen LogP contribution in [0.25, 0.3) is 75.3 Å². The quantitative estimate of drug-likeness (QED) is 0.225. The van der Waals surface area contributed by atoms with Gasteiger partial charge < -0.3 is 4.57 Å². The highest BCUT2D eigenvalue weighted by molar-refractivity contribution is 7.26.